The number of hydrogen-bond donors (Lipinski definition) is 0. The third-order valence-electron chi connectivity index (χ3n) is 2.75. The van der Waals surface area contributed by atoms with Crippen LogP contribution < -0.4 is 0 Å². The molecule has 0 bridgehead atoms. The van der Waals surface area contributed by atoms with E-state index in [0.29, 0.717) is 5.76 Å². The van der Waals surface area contributed by atoms with Crippen LogP contribution in [0.2, 0.25) is 0 Å². The van der Waals surface area contributed by atoms with Gasteiger partial charge in [0.05, 0.1) is 25.2 Å². The molecule has 0 saturated heterocycles. The van der Waals surface area contributed by atoms with Crippen molar-refractivity contribution in [2.45, 2.75) is 26.1 Å². The van der Waals surface area contributed by atoms with Crippen molar-refractivity contribution in [1.82, 2.24) is 0 Å². The van der Waals surface area contributed by atoms with Crippen molar-refractivity contribution in [2.24, 2.45) is 5.92 Å². The molecule has 0 amide bonds. The first kappa shape index (κ1) is 15.4. The monoisotopic (exact) mass is 238 g/mol. The summed E-state index contributed by atoms with van der Waals surface area (Å²) in [7, 11) is 4.55. The van der Waals surface area contributed by atoms with Gasteiger partial charge in [-0.25, -0.2) is 0 Å². The van der Waals surface area contributed by atoms with Crippen LogP contribution >= 0.6 is 0 Å². The largest absolute Gasteiger partial charge is 0.498 e. The van der Waals surface area contributed by atoms with E-state index < -0.39 is 0 Å². The Balaban J connectivity index is 5.51. The Kier molecular flexibility index (Phi) is 6.97. The van der Waals surface area contributed by atoms with Gasteiger partial charge in [0.2, 0.25) is 0 Å². The van der Waals surface area contributed by atoms with Crippen LogP contribution in [0.15, 0.2) is 11.3 Å². The second kappa shape index (κ2) is 7.67. The van der Waals surface area contributed by atoms with E-state index >= 15 is 0 Å². The van der Waals surface area contributed by atoms with Crippen molar-refractivity contribution in [3.63, 3.8) is 0 Å². The van der Waals surface area contributed by atoms with E-state index in [1.54, 1.807) is 14.2 Å². The topological polar surface area (TPSA) is 75.3 Å². The lowest BCUT2D eigenvalue weighted by atomic mass is 9.92. The molecule has 17 heavy (non-hydrogen) atoms. The summed E-state index contributed by atoms with van der Waals surface area (Å²) in [6.07, 6.45) is -0.451. The Hall–Kier alpha value is -1.56. The maximum atomic E-state index is 8.89. The number of allylic oxidation sites excluding steroid dienone is 1. The zero-order valence-corrected chi connectivity index (χ0v) is 10.9. The summed E-state index contributed by atoms with van der Waals surface area (Å²) in [4.78, 5) is 0. The molecule has 0 aliphatic carbocycles. The molecular weight excluding hydrogens is 220 g/mol. The van der Waals surface area contributed by atoms with Gasteiger partial charge < -0.3 is 14.2 Å². The van der Waals surface area contributed by atoms with E-state index in [2.05, 4.69) is 0 Å². The van der Waals surface area contributed by atoms with Gasteiger partial charge >= 0.3 is 0 Å². The minimum atomic E-state index is -0.302. The number of rotatable bonds is 6. The Labute approximate surface area is 102 Å². The number of methoxy groups -OCH3 is 3. The van der Waals surface area contributed by atoms with Gasteiger partial charge in [-0.1, -0.05) is 0 Å². The molecule has 0 N–H and O–H groups in total. The molecule has 94 valence electrons. The van der Waals surface area contributed by atoms with Crippen molar-refractivity contribution < 1.29 is 14.2 Å². The van der Waals surface area contributed by atoms with Crippen LogP contribution in [0.4, 0.5) is 0 Å². The van der Waals surface area contributed by atoms with E-state index in [-0.39, 0.29) is 23.7 Å². The Bertz CT molecular complexity index is 326. The van der Waals surface area contributed by atoms with Gasteiger partial charge in [-0.2, -0.15) is 10.5 Å². The van der Waals surface area contributed by atoms with Crippen LogP contribution in [0.5, 0.6) is 0 Å². The first-order chi connectivity index (χ1) is 8.06. The molecule has 0 fully saturated rings. The number of ether oxygens (including phenoxy) is 3. The van der Waals surface area contributed by atoms with Crippen molar-refractivity contribution in [3.8, 4) is 12.1 Å². The number of nitriles is 2. The molecule has 0 spiro atoms. The zero-order chi connectivity index (χ0) is 13.4. The lowest BCUT2D eigenvalue weighted by Crippen LogP contribution is -2.33. The SMILES string of the molecule is COC(=C(C#N)C#N)C(C(C)OC)C(C)OC. The molecular formula is C12H18N2O3. The summed E-state index contributed by atoms with van der Waals surface area (Å²) in [5.74, 6) is 0.00278. The first-order valence-electron chi connectivity index (χ1n) is 5.21. The fraction of sp³-hybridized carbons (Fsp3) is 0.667. The fourth-order valence-corrected chi connectivity index (χ4v) is 1.64. The minimum Gasteiger partial charge on any atom is -0.498 e. The minimum absolute atomic E-state index is 0.0506. The Morgan fingerprint density at radius 2 is 1.35 bits per heavy atom. The predicted octanol–water partition coefficient (Wildman–Crippen LogP) is 1.62. The lowest BCUT2D eigenvalue weighted by molar-refractivity contribution is -0.0212. The number of nitrogens with zero attached hydrogens (tertiary/aromatic N) is 2. The van der Waals surface area contributed by atoms with Crippen LogP contribution in [-0.2, 0) is 14.2 Å². The zero-order valence-electron chi connectivity index (χ0n) is 10.9. The summed E-state index contributed by atoms with van der Waals surface area (Å²) in [6, 6.07) is 3.65. The van der Waals surface area contributed by atoms with Gasteiger partial charge in [-0.15, -0.1) is 0 Å². The van der Waals surface area contributed by atoms with Gasteiger partial charge in [0.15, 0.2) is 5.57 Å². The summed E-state index contributed by atoms with van der Waals surface area (Å²) < 4.78 is 15.7. The Morgan fingerprint density at radius 3 is 1.59 bits per heavy atom. The smallest absolute Gasteiger partial charge is 0.167 e. The Morgan fingerprint density at radius 1 is 0.941 bits per heavy atom. The molecule has 0 rings (SSSR count). The van der Waals surface area contributed by atoms with Crippen LogP contribution in [-0.4, -0.2) is 33.5 Å². The third-order valence-corrected chi connectivity index (χ3v) is 2.75. The molecule has 0 aromatic carbocycles. The van der Waals surface area contributed by atoms with Crippen LogP contribution in [0, 0.1) is 28.6 Å². The van der Waals surface area contributed by atoms with E-state index in [1.807, 2.05) is 26.0 Å². The van der Waals surface area contributed by atoms with Crippen LogP contribution in [0.1, 0.15) is 13.8 Å². The average molecular weight is 238 g/mol. The second-order valence-corrected chi connectivity index (χ2v) is 3.57. The molecule has 0 radical (unpaired) electrons. The lowest BCUT2D eigenvalue weighted by Gasteiger charge is -2.29. The molecule has 2 atom stereocenters. The highest BCUT2D eigenvalue weighted by Crippen LogP contribution is 2.26. The average Bonchev–Trinajstić information content (AvgIpc) is 2.37. The summed E-state index contributed by atoms with van der Waals surface area (Å²) in [6.45, 7) is 3.68. The second-order valence-electron chi connectivity index (χ2n) is 3.57. The molecule has 0 heterocycles. The highest BCUT2D eigenvalue weighted by Gasteiger charge is 2.31. The maximum Gasteiger partial charge on any atom is 0.167 e. The van der Waals surface area contributed by atoms with Crippen molar-refractivity contribution in [2.75, 3.05) is 21.3 Å². The summed E-state index contributed by atoms with van der Waals surface area (Å²) in [5, 5.41) is 17.8. The van der Waals surface area contributed by atoms with E-state index in [1.165, 1.54) is 7.11 Å². The molecule has 0 aromatic rings. The normalized spacial score (nSPS) is 15.0. The molecule has 0 aliphatic heterocycles. The predicted molar refractivity (Wildman–Crippen MR) is 61.7 cm³/mol. The van der Waals surface area contributed by atoms with E-state index in [9.17, 15) is 0 Å². The van der Waals surface area contributed by atoms with Gasteiger partial charge in [0.1, 0.15) is 17.9 Å². The standard InChI is InChI=1S/C12H18N2O3/c1-8(15-3)11(9(2)16-4)12(17-5)10(6-13)7-14/h8-9,11H,1-5H3. The van der Waals surface area contributed by atoms with Gasteiger partial charge in [0.25, 0.3) is 0 Å². The van der Waals surface area contributed by atoms with Crippen LogP contribution in [0.25, 0.3) is 0 Å². The summed E-state index contributed by atoms with van der Waals surface area (Å²) in [5.41, 5.74) is -0.0506. The van der Waals surface area contributed by atoms with Crippen molar-refractivity contribution >= 4 is 0 Å². The van der Waals surface area contributed by atoms with E-state index in [0.717, 1.165) is 0 Å². The van der Waals surface area contributed by atoms with Gasteiger partial charge in [-0.3, -0.25) is 0 Å². The molecule has 0 saturated carbocycles. The first-order valence-corrected chi connectivity index (χ1v) is 5.21. The molecule has 0 aliphatic rings. The van der Waals surface area contributed by atoms with Crippen LogP contribution in [0.3, 0.4) is 0 Å². The van der Waals surface area contributed by atoms with Gasteiger partial charge in [-0.05, 0) is 13.8 Å². The highest BCUT2D eigenvalue weighted by atomic mass is 16.5. The molecule has 5 heteroatoms. The molecule has 2 unspecified atom stereocenters. The molecule has 0 aromatic heterocycles. The highest BCUT2D eigenvalue weighted by molar-refractivity contribution is 5.39. The number of hydrogen-bond acceptors (Lipinski definition) is 5. The molecule has 5 nitrogen and oxygen atoms in total. The maximum absolute atomic E-state index is 8.89. The third kappa shape index (κ3) is 3.74. The quantitative estimate of drug-likeness (QED) is 0.519. The van der Waals surface area contributed by atoms with E-state index in [4.69, 9.17) is 24.7 Å². The fourth-order valence-electron chi connectivity index (χ4n) is 1.64. The van der Waals surface area contributed by atoms with Gasteiger partial charge in [0, 0.05) is 14.2 Å². The summed E-state index contributed by atoms with van der Waals surface area (Å²) >= 11 is 0. The van der Waals surface area contributed by atoms with Crippen molar-refractivity contribution in [1.29, 1.82) is 10.5 Å². The van der Waals surface area contributed by atoms with Crippen molar-refractivity contribution in [3.05, 3.63) is 11.3 Å².